The van der Waals surface area contributed by atoms with Gasteiger partial charge in [-0.25, -0.2) is 4.79 Å². The predicted molar refractivity (Wildman–Crippen MR) is 117 cm³/mol. The monoisotopic (exact) mass is 409 g/mol. The molecule has 0 atom stereocenters. The average molecular weight is 410 g/mol. The molecule has 3 aromatic rings. The zero-order valence-electron chi connectivity index (χ0n) is 17.2. The maximum Gasteiger partial charge on any atom is 0.357 e. The first-order valence-electron chi connectivity index (χ1n) is 9.31. The number of benzene rings is 1. The highest BCUT2D eigenvalue weighted by molar-refractivity contribution is 7.79. The average Bonchev–Trinajstić information content (AvgIpc) is 2.71. The highest BCUT2D eigenvalue weighted by atomic mass is 32.1. The quantitative estimate of drug-likeness (QED) is 0.554. The van der Waals surface area contributed by atoms with Crippen LogP contribution in [-0.2, 0) is 11.2 Å². The standard InChI is InChI=1S/C23H23NO4S/c1-6-16-11-13(2)10-14(3)18(16)19-21(28-23(29)26-5)15(4)20(27-22(19)25)17-8-7-9-24-12-17/h7-12H,6H2,1-5H3. The molecule has 0 bridgehead atoms. The maximum atomic E-state index is 13.2. The van der Waals surface area contributed by atoms with Gasteiger partial charge in [-0.05, 0) is 56.0 Å². The summed E-state index contributed by atoms with van der Waals surface area (Å²) < 4.78 is 16.7. The van der Waals surface area contributed by atoms with Gasteiger partial charge in [-0.15, -0.1) is 0 Å². The molecule has 5 nitrogen and oxygen atoms in total. The van der Waals surface area contributed by atoms with E-state index in [1.807, 2.05) is 32.9 Å². The van der Waals surface area contributed by atoms with Crippen LogP contribution >= 0.6 is 12.2 Å². The lowest BCUT2D eigenvalue weighted by molar-refractivity contribution is 0.313. The van der Waals surface area contributed by atoms with Gasteiger partial charge >= 0.3 is 10.9 Å². The van der Waals surface area contributed by atoms with Gasteiger partial charge in [0.2, 0.25) is 0 Å². The largest absolute Gasteiger partial charge is 0.460 e. The maximum absolute atomic E-state index is 13.2. The Morgan fingerprint density at radius 2 is 1.97 bits per heavy atom. The van der Waals surface area contributed by atoms with Gasteiger partial charge in [-0.3, -0.25) is 4.98 Å². The molecule has 0 aliphatic rings. The lowest BCUT2D eigenvalue weighted by Gasteiger charge is -2.18. The molecule has 0 amide bonds. The fourth-order valence-corrected chi connectivity index (χ4v) is 3.62. The summed E-state index contributed by atoms with van der Waals surface area (Å²) in [5, 5.41) is -0.0695. The molecule has 3 rings (SSSR count). The fourth-order valence-electron chi connectivity index (χ4n) is 3.54. The molecular formula is C23H23NO4S. The van der Waals surface area contributed by atoms with E-state index in [1.165, 1.54) is 7.11 Å². The second-order valence-corrected chi connectivity index (χ2v) is 7.15. The van der Waals surface area contributed by atoms with E-state index in [2.05, 4.69) is 18.0 Å². The Morgan fingerprint density at radius 3 is 2.59 bits per heavy atom. The normalized spacial score (nSPS) is 10.7. The SMILES string of the molecule is CCc1cc(C)cc(C)c1-c1c(OC(=S)OC)c(C)c(-c2cccnc2)oc1=O. The number of hydrogen-bond donors (Lipinski definition) is 0. The van der Waals surface area contributed by atoms with Gasteiger partial charge in [0.1, 0.15) is 11.3 Å². The first-order chi connectivity index (χ1) is 13.9. The van der Waals surface area contributed by atoms with Crippen molar-refractivity contribution in [3.8, 4) is 28.2 Å². The summed E-state index contributed by atoms with van der Waals surface area (Å²) in [6.45, 7) is 7.89. The van der Waals surface area contributed by atoms with Crippen molar-refractivity contribution >= 4 is 17.5 Å². The van der Waals surface area contributed by atoms with Gasteiger partial charge in [-0.1, -0.05) is 24.6 Å². The molecule has 6 heteroatoms. The Kier molecular flexibility index (Phi) is 6.13. The van der Waals surface area contributed by atoms with Crippen molar-refractivity contribution in [2.24, 2.45) is 0 Å². The number of nitrogens with zero attached hydrogens (tertiary/aromatic N) is 1. The smallest absolute Gasteiger partial charge is 0.357 e. The van der Waals surface area contributed by atoms with Gasteiger partial charge in [0.25, 0.3) is 0 Å². The Morgan fingerprint density at radius 1 is 1.21 bits per heavy atom. The number of methoxy groups -OCH3 is 1. The zero-order chi connectivity index (χ0) is 21.1. The third kappa shape index (κ3) is 4.07. The van der Waals surface area contributed by atoms with Crippen LogP contribution in [0.15, 0.2) is 45.9 Å². The minimum absolute atomic E-state index is 0.0695. The van der Waals surface area contributed by atoms with Crippen molar-refractivity contribution in [3.05, 3.63) is 69.3 Å². The number of pyridine rings is 1. The molecule has 0 N–H and O–H groups in total. The molecule has 0 unspecified atom stereocenters. The van der Waals surface area contributed by atoms with Gasteiger partial charge < -0.3 is 13.9 Å². The molecule has 0 fully saturated rings. The van der Waals surface area contributed by atoms with Crippen molar-refractivity contribution in [1.29, 1.82) is 0 Å². The number of ether oxygens (including phenoxy) is 2. The molecule has 0 aliphatic heterocycles. The minimum Gasteiger partial charge on any atom is -0.460 e. The van der Waals surface area contributed by atoms with Gasteiger partial charge in [0.15, 0.2) is 5.75 Å². The number of thiocarbonyl (C=S) groups is 1. The molecule has 150 valence electrons. The molecule has 1 aromatic carbocycles. The first-order valence-corrected chi connectivity index (χ1v) is 9.72. The predicted octanol–water partition coefficient (Wildman–Crippen LogP) is 5.17. The highest BCUT2D eigenvalue weighted by Gasteiger charge is 2.25. The molecule has 0 saturated carbocycles. The third-order valence-corrected chi connectivity index (χ3v) is 5.03. The summed E-state index contributed by atoms with van der Waals surface area (Å²) in [6.07, 6.45) is 4.05. The minimum atomic E-state index is -0.495. The van der Waals surface area contributed by atoms with E-state index in [-0.39, 0.29) is 5.24 Å². The van der Waals surface area contributed by atoms with Crippen LogP contribution in [0.5, 0.6) is 5.75 Å². The van der Waals surface area contributed by atoms with Crippen molar-refractivity contribution in [2.75, 3.05) is 7.11 Å². The second-order valence-electron chi connectivity index (χ2n) is 6.82. The summed E-state index contributed by atoms with van der Waals surface area (Å²) in [5.41, 5.74) is 5.13. The Hall–Kier alpha value is -2.99. The molecule has 2 heterocycles. The summed E-state index contributed by atoms with van der Waals surface area (Å²) in [4.78, 5) is 17.3. The van der Waals surface area contributed by atoms with Crippen molar-refractivity contribution in [3.63, 3.8) is 0 Å². The molecule has 2 aromatic heterocycles. The highest BCUT2D eigenvalue weighted by Crippen LogP contribution is 2.39. The molecule has 0 radical (unpaired) electrons. The van der Waals surface area contributed by atoms with E-state index in [0.29, 0.717) is 28.2 Å². The van der Waals surface area contributed by atoms with Crippen LogP contribution in [0.1, 0.15) is 29.2 Å². The van der Waals surface area contributed by atoms with E-state index in [0.717, 1.165) is 28.7 Å². The van der Waals surface area contributed by atoms with E-state index < -0.39 is 5.63 Å². The van der Waals surface area contributed by atoms with Crippen LogP contribution in [0.25, 0.3) is 22.5 Å². The number of rotatable bonds is 4. The Labute approximate surface area is 175 Å². The third-order valence-electron chi connectivity index (χ3n) is 4.78. The lowest BCUT2D eigenvalue weighted by Crippen LogP contribution is -2.15. The molecular weight excluding hydrogens is 386 g/mol. The number of aryl methyl sites for hydroxylation is 3. The van der Waals surface area contributed by atoms with Crippen LogP contribution in [0.2, 0.25) is 0 Å². The summed E-state index contributed by atoms with van der Waals surface area (Å²) in [6, 6.07) is 7.72. The van der Waals surface area contributed by atoms with Crippen molar-refractivity contribution in [2.45, 2.75) is 34.1 Å². The molecule has 0 aliphatic carbocycles. The zero-order valence-corrected chi connectivity index (χ0v) is 18.0. The van der Waals surface area contributed by atoms with Crippen LogP contribution in [0.3, 0.4) is 0 Å². The number of hydrogen-bond acceptors (Lipinski definition) is 6. The van der Waals surface area contributed by atoms with Crippen LogP contribution < -0.4 is 10.4 Å². The lowest BCUT2D eigenvalue weighted by atomic mass is 9.91. The molecule has 0 saturated heterocycles. The van der Waals surface area contributed by atoms with Crippen LogP contribution in [0.4, 0.5) is 0 Å². The van der Waals surface area contributed by atoms with E-state index in [4.69, 9.17) is 26.1 Å². The fraction of sp³-hybridized carbons (Fsp3) is 0.261. The molecule has 29 heavy (non-hydrogen) atoms. The van der Waals surface area contributed by atoms with Crippen LogP contribution in [0, 0.1) is 20.8 Å². The molecule has 0 spiro atoms. The van der Waals surface area contributed by atoms with Gasteiger partial charge in [0, 0.05) is 35.7 Å². The van der Waals surface area contributed by atoms with Crippen molar-refractivity contribution < 1.29 is 13.9 Å². The van der Waals surface area contributed by atoms with Gasteiger partial charge in [0.05, 0.1) is 7.11 Å². The van der Waals surface area contributed by atoms with Crippen molar-refractivity contribution in [1.82, 2.24) is 4.98 Å². The summed E-state index contributed by atoms with van der Waals surface area (Å²) in [5.74, 6) is 0.733. The van der Waals surface area contributed by atoms with Crippen LogP contribution in [-0.4, -0.2) is 17.3 Å². The van der Waals surface area contributed by atoms with Gasteiger partial charge in [-0.2, -0.15) is 0 Å². The number of aromatic nitrogens is 1. The topological polar surface area (TPSA) is 61.6 Å². The summed E-state index contributed by atoms with van der Waals surface area (Å²) in [7, 11) is 1.43. The first kappa shape index (κ1) is 20.7. The van der Waals surface area contributed by atoms with E-state index in [9.17, 15) is 4.79 Å². The summed E-state index contributed by atoms with van der Waals surface area (Å²) >= 11 is 5.14. The van der Waals surface area contributed by atoms with E-state index >= 15 is 0 Å². The second kappa shape index (κ2) is 8.57. The Bertz CT molecular complexity index is 1120. The van der Waals surface area contributed by atoms with E-state index in [1.54, 1.807) is 18.5 Å². The Balaban J connectivity index is 2.38.